The first-order valence-electron chi connectivity index (χ1n) is 6.71. The van der Waals surface area contributed by atoms with Gasteiger partial charge in [-0.15, -0.1) is 0 Å². The molecule has 0 amide bonds. The molecule has 0 aliphatic carbocycles. The van der Waals surface area contributed by atoms with Gasteiger partial charge >= 0.3 is 0 Å². The summed E-state index contributed by atoms with van der Waals surface area (Å²) in [7, 11) is 2.08. The predicted octanol–water partition coefficient (Wildman–Crippen LogP) is 2.00. The standard InChI is InChI=1S/C14H20N4/c1-17-11-8-15-14(17)16-12-6-2-3-7-13(12)18-9-4-5-10-18/h2-3,6-7H,4-5,8-11H2,1H3,(H,15,16). The largest absolute Gasteiger partial charge is 0.370 e. The zero-order valence-electron chi connectivity index (χ0n) is 10.9. The lowest BCUT2D eigenvalue weighted by molar-refractivity contribution is 0.555. The molecular formula is C14H20N4. The number of para-hydroxylation sites is 2. The van der Waals surface area contributed by atoms with Crippen molar-refractivity contribution in [3.63, 3.8) is 0 Å². The van der Waals surface area contributed by atoms with Gasteiger partial charge in [0.1, 0.15) is 0 Å². The maximum absolute atomic E-state index is 4.49. The number of hydrogen-bond donors (Lipinski definition) is 1. The fourth-order valence-electron chi connectivity index (χ4n) is 2.60. The number of likely N-dealkylation sites (N-methyl/N-ethyl adjacent to an activating group) is 1. The Morgan fingerprint density at radius 2 is 1.89 bits per heavy atom. The van der Waals surface area contributed by atoms with Crippen molar-refractivity contribution in [1.29, 1.82) is 0 Å². The zero-order chi connectivity index (χ0) is 12.4. The Morgan fingerprint density at radius 3 is 2.61 bits per heavy atom. The molecule has 1 N–H and O–H groups in total. The quantitative estimate of drug-likeness (QED) is 0.863. The van der Waals surface area contributed by atoms with E-state index in [1.54, 1.807) is 0 Å². The number of guanidine groups is 1. The molecule has 96 valence electrons. The van der Waals surface area contributed by atoms with Crippen LogP contribution in [0.15, 0.2) is 29.3 Å². The number of nitrogens with zero attached hydrogens (tertiary/aromatic N) is 3. The summed E-state index contributed by atoms with van der Waals surface area (Å²) in [5, 5.41) is 3.47. The van der Waals surface area contributed by atoms with Gasteiger partial charge in [0.25, 0.3) is 0 Å². The molecule has 1 aromatic rings. The molecule has 4 nitrogen and oxygen atoms in total. The van der Waals surface area contributed by atoms with Crippen LogP contribution in [0.25, 0.3) is 0 Å². The number of benzene rings is 1. The van der Waals surface area contributed by atoms with Gasteiger partial charge in [0, 0.05) is 26.7 Å². The molecule has 0 radical (unpaired) electrons. The third kappa shape index (κ3) is 2.15. The van der Waals surface area contributed by atoms with Crippen LogP contribution in [0, 0.1) is 0 Å². The zero-order valence-corrected chi connectivity index (χ0v) is 10.9. The normalized spacial score (nSPS) is 19.3. The van der Waals surface area contributed by atoms with Crippen molar-refractivity contribution >= 4 is 17.3 Å². The van der Waals surface area contributed by atoms with E-state index in [0.29, 0.717) is 0 Å². The van der Waals surface area contributed by atoms with Crippen LogP contribution in [0.4, 0.5) is 11.4 Å². The minimum absolute atomic E-state index is 0.894. The van der Waals surface area contributed by atoms with E-state index in [1.165, 1.54) is 37.3 Å². The number of nitrogens with one attached hydrogen (secondary N) is 1. The second-order valence-electron chi connectivity index (χ2n) is 4.96. The fourth-order valence-corrected chi connectivity index (χ4v) is 2.60. The van der Waals surface area contributed by atoms with E-state index in [1.807, 2.05) is 0 Å². The van der Waals surface area contributed by atoms with Crippen LogP contribution < -0.4 is 10.2 Å². The molecule has 3 rings (SSSR count). The van der Waals surface area contributed by atoms with E-state index in [0.717, 1.165) is 19.0 Å². The van der Waals surface area contributed by atoms with Crippen LogP contribution in [0.2, 0.25) is 0 Å². The van der Waals surface area contributed by atoms with Crippen LogP contribution in [-0.2, 0) is 0 Å². The molecule has 2 aliphatic heterocycles. The van der Waals surface area contributed by atoms with Crippen LogP contribution in [0.5, 0.6) is 0 Å². The highest BCUT2D eigenvalue weighted by Crippen LogP contribution is 2.28. The summed E-state index contributed by atoms with van der Waals surface area (Å²) in [6.07, 6.45) is 2.60. The molecule has 0 spiro atoms. The summed E-state index contributed by atoms with van der Waals surface area (Å²) in [6.45, 7) is 4.24. The minimum atomic E-state index is 0.894. The maximum atomic E-state index is 4.49. The van der Waals surface area contributed by atoms with Crippen molar-refractivity contribution in [2.24, 2.45) is 4.99 Å². The van der Waals surface area contributed by atoms with Gasteiger partial charge in [-0.3, -0.25) is 4.99 Å². The van der Waals surface area contributed by atoms with Crippen molar-refractivity contribution in [2.45, 2.75) is 12.8 Å². The summed E-state index contributed by atoms with van der Waals surface area (Å²) in [4.78, 5) is 9.12. The topological polar surface area (TPSA) is 30.9 Å². The minimum Gasteiger partial charge on any atom is -0.370 e. The lowest BCUT2D eigenvalue weighted by Gasteiger charge is -2.23. The molecule has 0 aromatic heterocycles. The summed E-state index contributed by atoms with van der Waals surface area (Å²) in [5.74, 6) is 0.988. The number of rotatable bonds is 2. The van der Waals surface area contributed by atoms with Gasteiger partial charge in [0.05, 0.1) is 17.9 Å². The van der Waals surface area contributed by atoms with Crippen molar-refractivity contribution in [1.82, 2.24) is 4.90 Å². The molecular weight excluding hydrogens is 224 g/mol. The van der Waals surface area contributed by atoms with E-state index in [4.69, 9.17) is 0 Å². The van der Waals surface area contributed by atoms with Crippen molar-refractivity contribution in [2.75, 3.05) is 43.4 Å². The molecule has 2 heterocycles. The molecule has 2 aliphatic rings. The Bertz CT molecular complexity index is 449. The van der Waals surface area contributed by atoms with Crippen LogP contribution in [-0.4, -0.2) is 44.1 Å². The lowest BCUT2D eigenvalue weighted by Crippen LogP contribution is -2.30. The van der Waals surface area contributed by atoms with E-state index < -0.39 is 0 Å². The van der Waals surface area contributed by atoms with Crippen molar-refractivity contribution in [3.8, 4) is 0 Å². The first kappa shape index (κ1) is 11.4. The molecule has 0 unspecified atom stereocenters. The average molecular weight is 244 g/mol. The highest BCUT2D eigenvalue weighted by atomic mass is 15.3. The average Bonchev–Trinajstić information content (AvgIpc) is 3.03. The fraction of sp³-hybridized carbons (Fsp3) is 0.500. The van der Waals surface area contributed by atoms with Gasteiger partial charge in [-0.05, 0) is 25.0 Å². The van der Waals surface area contributed by atoms with Crippen molar-refractivity contribution in [3.05, 3.63) is 24.3 Å². The molecule has 0 bridgehead atoms. The Hall–Kier alpha value is -1.71. The Labute approximate surface area is 108 Å². The predicted molar refractivity (Wildman–Crippen MR) is 76.4 cm³/mol. The van der Waals surface area contributed by atoms with Gasteiger partial charge in [0.15, 0.2) is 5.96 Å². The highest BCUT2D eigenvalue weighted by Gasteiger charge is 2.18. The summed E-state index contributed by atoms with van der Waals surface area (Å²) in [5.41, 5.74) is 2.48. The third-order valence-corrected chi connectivity index (χ3v) is 3.66. The van der Waals surface area contributed by atoms with Crippen LogP contribution in [0.1, 0.15) is 12.8 Å². The molecule has 1 saturated heterocycles. The van der Waals surface area contributed by atoms with E-state index in [2.05, 4.69) is 51.4 Å². The van der Waals surface area contributed by atoms with Crippen LogP contribution >= 0.6 is 0 Å². The molecule has 0 saturated carbocycles. The second kappa shape index (κ2) is 4.88. The SMILES string of the molecule is CN1CCN=C1Nc1ccccc1N1CCCC1. The number of hydrogen-bond acceptors (Lipinski definition) is 4. The maximum Gasteiger partial charge on any atom is 0.198 e. The van der Waals surface area contributed by atoms with Gasteiger partial charge in [-0.2, -0.15) is 0 Å². The summed E-state index contributed by atoms with van der Waals surface area (Å²) < 4.78 is 0. The third-order valence-electron chi connectivity index (χ3n) is 3.66. The van der Waals surface area contributed by atoms with E-state index in [9.17, 15) is 0 Å². The summed E-state index contributed by atoms with van der Waals surface area (Å²) in [6, 6.07) is 8.53. The number of aliphatic imine (C=N–C) groups is 1. The first-order chi connectivity index (χ1) is 8.84. The van der Waals surface area contributed by atoms with E-state index >= 15 is 0 Å². The van der Waals surface area contributed by atoms with Gasteiger partial charge in [-0.1, -0.05) is 12.1 Å². The first-order valence-corrected chi connectivity index (χ1v) is 6.71. The van der Waals surface area contributed by atoms with Gasteiger partial charge in [0.2, 0.25) is 0 Å². The highest BCUT2D eigenvalue weighted by molar-refractivity contribution is 5.97. The Balaban J connectivity index is 1.82. The second-order valence-corrected chi connectivity index (χ2v) is 4.96. The molecule has 18 heavy (non-hydrogen) atoms. The molecule has 0 atom stereocenters. The van der Waals surface area contributed by atoms with Gasteiger partial charge in [-0.25, -0.2) is 0 Å². The van der Waals surface area contributed by atoms with Gasteiger partial charge < -0.3 is 15.1 Å². The molecule has 1 aromatic carbocycles. The summed E-state index contributed by atoms with van der Waals surface area (Å²) >= 11 is 0. The molecule has 4 heteroatoms. The monoisotopic (exact) mass is 244 g/mol. The smallest absolute Gasteiger partial charge is 0.198 e. The molecule has 1 fully saturated rings. The Kier molecular flexibility index (Phi) is 3.09. The lowest BCUT2D eigenvalue weighted by atomic mass is 10.2. The Morgan fingerprint density at radius 1 is 1.11 bits per heavy atom. The van der Waals surface area contributed by atoms with Crippen molar-refractivity contribution < 1.29 is 0 Å². The number of anilines is 2. The van der Waals surface area contributed by atoms with Crippen LogP contribution in [0.3, 0.4) is 0 Å². The van der Waals surface area contributed by atoms with E-state index in [-0.39, 0.29) is 0 Å².